The number of nitrogens with zero attached hydrogens (tertiary/aromatic N) is 1. The Labute approximate surface area is 185 Å². The van der Waals surface area contributed by atoms with Gasteiger partial charge >= 0.3 is 11.9 Å². The van der Waals surface area contributed by atoms with Crippen molar-refractivity contribution in [2.75, 3.05) is 6.61 Å². The molecule has 2 aromatic rings. The molecule has 0 amide bonds. The van der Waals surface area contributed by atoms with Gasteiger partial charge in [-0.1, -0.05) is 42.5 Å². The molecule has 8 nitrogen and oxygen atoms in total. The second-order valence-electron chi connectivity index (χ2n) is 7.27. The van der Waals surface area contributed by atoms with Gasteiger partial charge in [-0.05, 0) is 31.9 Å². The predicted molar refractivity (Wildman–Crippen MR) is 117 cm³/mol. The molecule has 0 fully saturated rings. The fourth-order valence-electron chi connectivity index (χ4n) is 3.70. The molecule has 8 heteroatoms. The Morgan fingerprint density at radius 2 is 1.59 bits per heavy atom. The zero-order chi connectivity index (χ0) is 23.3. The van der Waals surface area contributed by atoms with Crippen molar-refractivity contribution in [3.05, 3.63) is 98.4 Å². The number of allylic oxidation sites excluding steroid dienone is 2. The maximum Gasteiger partial charge on any atom is 0.337 e. The highest BCUT2D eigenvalue weighted by Crippen LogP contribution is 2.40. The number of nitro benzene ring substituents is 1. The van der Waals surface area contributed by atoms with E-state index >= 15 is 0 Å². The van der Waals surface area contributed by atoms with Crippen LogP contribution in [0.15, 0.2) is 77.1 Å². The highest BCUT2D eigenvalue weighted by Gasteiger charge is 2.38. The number of ether oxygens (including phenoxy) is 2. The van der Waals surface area contributed by atoms with Crippen LogP contribution in [0, 0.1) is 10.1 Å². The Bertz CT molecular complexity index is 1100. The van der Waals surface area contributed by atoms with Crippen molar-refractivity contribution in [1.82, 2.24) is 5.32 Å². The summed E-state index contributed by atoms with van der Waals surface area (Å²) in [6.45, 7) is 5.28. The molecular formula is C24H24N2O6. The van der Waals surface area contributed by atoms with Gasteiger partial charge in [0.25, 0.3) is 5.69 Å². The van der Waals surface area contributed by atoms with E-state index in [4.69, 9.17) is 9.47 Å². The van der Waals surface area contributed by atoms with E-state index < -0.39 is 22.8 Å². The lowest BCUT2D eigenvalue weighted by Crippen LogP contribution is -2.32. The van der Waals surface area contributed by atoms with E-state index in [9.17, 15) is 19.7 Å². The Morgan fingerprint density at radius 3 is 2.19 bits per heavy atom. The first-order valence-electron chi connectivity index (χ1n) is 10.1. The van der Waals surface area contributed by atoms with Gasteiger partial charge in [0.15, 0.2) is 0 Å². The number of hydrogen-bond donors (Lipinski definition) is 1. The number of hydrogen-bond acceptors (Lipinski definition) is 7. The lowest BCUT2D eigenvalue weighted by molar-refractivity contribution is -0.384. The van der Waals surface area contributed by atoms with Gasteiger partial charge in [0.05, 0.1) is 28.6 Å². The Morgan fingerprint density at radius 1 is 0.969 bits per heavy atom. The molecular weight excluding hydrogens is 412 g/mol. The molecule has 1 unspecified atom stereocenters. The van der Waals surface area contributed by atoms with Crippen LogP contribution in [0.4, 0.5) is 5.69 Å². The first kappa shape index (κ1) is 22.7. The molecule has 1 aliphatic heterocycles. The summed E-state index contributed by atoms with van der Waals surface area (Å²) in [7, 11) is 0. The third-order valence-corrected chi connectivity index (χ3v) is 5.10. The fraction of sp³-hybridized carbons (Fsp3) is 0.250. The van der Waals surface area contributed by atoms with Crippen molar-refractivity contribution in [3.8, 4) is 0 Å². The van der Waals surface area contributed by atoms with Gasteiger partial charge in [-0.25, -0.2) is 9.59 Å². The maximum absolute atomic E-state index is 13.2. The maximum atomic E-state index is 13.2. The van der Waals surface area contributed by atoms with Crippen molar-refractivity contribution in [2.45, 2.75) is 33.3 Å². The topological polar surface area (TPSA) is 108 Å². The summed E-state index contributed by atoms with van der Waals surface area (Å²) < 4.78 is 10.8. The first-order chi connectivity index (χ1) is 15.3. The number of esters is 2. The molecule has 3 rings (SSSR count). The molecule has 0 spiro atoms. The lowest BCUT2D eigenvalue weighted by Gasteiger charge is -2.30. The summed E-state index contributed by atoms with van der Waals surface area (Å²) in [5.74, 6) is -2.10. The molecule has 1 aliphatic rings. The first-order valence-corrected chi connectivity index (χ1v) is 10.1. The van der Waals surface area contributed by atoms with Gasteiger partial charge in [-0.15, -0.1) is 0 Å². The smallest absolute Gasteiger partial charge is 0.337 e. The summed E-state index contributed by atoms with van der Waals surface area (Å²) in [5, 5.41) is 14.4. The van der Waals surface area contributed by atoms with Crippen molar-refractivity contribution in [2.24, 2.45) is 0 Å². The second kappa shape index (κ2) is 9.91. The lowest BCUT2D eigenvalue weighted by atomic mass is 9.80. The van der Waals surface area contributed by atoms with Crippen LogP contribution in [0.1, 0.15) is 37.8 Å². The average molecular weight is 436 g/mol. The van der Waals surface area contributed by atoms with E-state index in [1.807, 2.05) is 30.3 Å². The molecule has 1 N–H and O–H groups in total. The van der Waals surface area contributed by atoms with E-state index in [2.05, 4.69) is 5.32 Å². The van der Waals surface area contributed by atoms with Crippen LogP contribution in [0.5, 0.6) is 0 Å². The Balaban J connectivity index is 2.05. The van der Waals surface area contributed by atoms with Crippen LogP contribution in [0.25, 0.3) is 0 Å². The van der Waals surface area contributed by atoms with Gasteiger partial charge in [-0.2, -0.15) is 0 Å². The van der Waals surface area contributed by atoms with Crippen LogP contribution in [-0.4, -0.2) is 23.5 Å². The van der Waals surface area contributed by atoms with Crippen LogP contribution in [0.2, 0.25) is 0 Å². The van der Waals surface area contributed by atoms with E-state index in [0.29, 0.717) is 17.0 Å². The highest BCUT2D eigenvalue weighted by atomic mass is 16.6. The number of benzene rings is 2. The number of carbonyl (C=O) groups excluding carboxylic acids is 2. The van der Waals surface area contributed by atoms with Crippen LogP contribution < -0.4 is 5.32 Å². The van der Waals surface area contributed by atoms with Gasteiger partial charge in [-0.3, -0.25) is 10.1 Å². The number of nitro groups is 1. The SMILES string of the molecule is CCOC(=O)C1=C(C)NC(C)=C(C(=O)OCc2ccccc2)C1c1cccc([N+](=O)[O-])c1. The van der Waals surface area contributed by atoms with Gasteiger partial charge in [0.1, 0.15) is 6.61 Å². The number of dihydropyridines is 1. The Kier molecular flexibility index (Phi) is 7.04. The number of rotatable bonds is 7. The molecule has 0 bridgehead atoms. The van der Waals surface area contributed by atoms with E-state index in [-0.39, 0.29) is 30.0 Å². The summed E-state index contributed by atoms with van der Waals surface area (Å²) >= 11 is 0. The van der Waals surface area contributed by atoms with Gasteiger partial charge in [0.2, 0.25) is 0 Å². The second-order valence-corrected chi connectivity index (χ2v) is 7.27. The zero-order valence-corrected chi connectivity index (χ0v) is 18.1. The third-order valence-electron chi connectivity index (χ3n) is 5.10. The average Bonchev–Trinajstić information content (AvgIpc) is 2.77. The van der Waals surface area contributed by atoms with Crippen LogP contribution >= 0.6 is 0 Å². The van der Waals surface area contributed by atoms with Gasteiger partial charge in [0, 0.05) is 23.5 Å². The summed E-state index contributed by atoms with van der Waals surface area (Å²) in [5.41, 5.74) is 2.53. The summed E-state index contributed by atoms with van der Waals surface area (Å²) in [6, 6.07) is 15.1. The molecule has 0 radical (unpaired) electrons. The molecule has 1 heterocycles. The standard InChI is InChI=1S/C24H24N2O6/c1-4-31-23(27)20-15(2)25-16(3)21(24(28)32-14-17-9-6-5-7-10-17)22(20)18-11-8-12-19(13-18)26(29)30/h5-13,22,25H,4,14H2,1-3H3. The van der Waals surface area contributed by atoms with Crippen LogP contribution in [0.3, 0.4) is 0 Å². The minimum Gasteiger partial charge on any atom is -0.463 e. The quantitative estimate of drug-likeness (QED) is 0.395. The zero-order valence-electron chi connectivity index (χ0n) is 18.1. The molecule has 166 valence electrons. The highest BCUT2D eigenvalue weighted by molar-refractivity contribution is 6.00. The molecule has 0 saturated carbocycles. The monoisotopic (exact) mass is 436 g/mol. The predicted octanol–water partition coefficient (Wildman–Crippen LogP) is 4.14. The normalized spacial score (nSPS) is 15.8. The molecule has 0 aliphatic carbocycles. The van der Waals surface area contributed by atoms with E-state index in [1.54, 1.807) is 26.8 Å². The van der Waals surface area contributed by atoms with Crippen LogP contribution in [-0.2, 0) is 25.7 Å². The Hall–Kier alpha value is -3.94. The van der Waals surface area contributed by atoms with Crippen molar-refractivity contribution >= 4 is 17.6 Å². The number of non-ortho nitro benzene ring substituents is 1. The van der Waals surface area contributed by atoms with E-state index in [0.717, 1.165) is 5.56 Å². The number of carbonyl (C=O) groups is 2. The fourth-order valence-corrected chi connectivity index (χ4v) is 3.70. The van der Waals surface area contributed by atoms with E-state index in [1.165, 1.54) is 18.2 Å². The van der Waals surface area contributed by atoms with Crippen molar-refractivity contribution in [3.63, 3.8) is 0 Å². The number of nitrogens with one attached hydrogen (secondary N) is 1. The molecule has 0 aromatic heterocycles. The third kappa shape index (κ3) is 4.85. The molecule has 0 saturated heterocycles. The van der Waals surface area contributed by atoms with Crippen molar-refractivity contribution in [1.29, 1.82) is 0 Å². The molecule has 32 heavy (non-hydrogen) atoms. The molecule has 2 aromatic carbocycles. The minimum atomic E-state index is -0.876. The largest absolute Gasteiger partial charge is 0.463 e. The van der Waals surface area contributed by atoms with Crippen molar-refractivity contribution < 1.29 is 24.0 Å². The summed E-state index contributed by atoms with van der Waals surface area (Å²) in [4.78, 5) is 36.8. The van der Waals surface area contributed by atoms with Gasteiger partial charge < -0.3 is 14.8 Å². The summed E-state index contributed by atoms with van der Waals surface area (Å²) in [6.07, 6.45) is 0. The minimum absolute atomic E-state index is 0.0511. The molecule has 1 atom stereocenters.